The highest BCUT2D eigenvalue weighted by atomic mass is 16.5. The van der Waals surface area contributed by atoms with Gasteiger partial charge in [0.2, 0.25) is 0 Å². The first kappa shape index (κ1) is 12.9. The van der Waals surface area contributed by atoms with Gasteiger partial charge in [-0.3, -0.25) is 4.79 Å². The molecule has 0 N–H and O–H groups in total. The molecule has 0 saturated heterocycles. The van der Waals surface area contributed by atoms with Crippen LogP contribution in [0.5, 0.6) is 0 Å². The Morgan fingerprint density at radius 2 is 2.06 bits per heavy atom. The van der Waals surface area contributed by atoms with E-state index in [1.165, 1.54) is 19.3 Å². The Morgan fingerprint density at radius 3 is 2.59 bits per heavy atom. The number of ether oxygens (including phenoxy) is 1. The van der Waals surface area contributed by atoms with E-state index in [1.807, 2.05) is 6.92 Å². The van der Waals surface area contributed by atoms with Crippen LogP contribution in [-0.4, -0.2) is 12.1 Å². The molecular weight excluding hydrogens is 212 g/mol. The molecule has 0 aromatic rings. The molecule has 3 aliphatic rings. The lowest BCUT2D eigenvalue weighted by Gasteiger charge is -2.49. The topological polar surface area (TPSA) is 26.3 Å². The maximum atomic E-state index is 12.4. The van der Waals surface area contributed by atoms with Crippen LogP contribution >= 0.6 is 0 Å². The third-order valence-electron chi connectivity index (χ3n) is 5.04. The molecule has 0 amide bonds. The summed E-state index contributed by atoms with van der Waals surface area (Å²) in [6.45, 7) is 6.41. The van der Waals surface area contributed by atoms with E-state index in [-0.39, 0.29) is 17.5 Å². The Bertz CT molecular complexity index is 277. The van der Waals surface area contributed by atoms with Gasteiger partial charge >= 0.3 is 5.97 Å². The van der Waals surface area contributed by atoms with Gasteiger partial charge in [0.05, 0.1) is 11.5 Å². The fourth-order valence-electron chi connectivity index (χ4n) is 3.82. The van der Waals surface area contributed by atoms with Gasteiger partial charge in [-0.05, 0) is 57.3 Å². The molecular formula is C15H26O2. The monoisotopic (exact) mass is 238 g/mol. The molecule has 2 heteroatoms. The van der Waals surface area contributed by atoms with Crippen molar-refractivity contribution in [1.82, 2.24) is 0 Å². The number of hydrogen-bond donors (Lipinski definition) is 0. The first-order valence-corrected chi connectivity index (χ1v) is 7.29. The van der Waals surface area contributed by atoms with Crippen LogP contribution in [-0.2, 0) is 9.53 Å². The summed E-state index contributed by atoms with van der Waals surface area (Å²) in [5, 5.41) is 0. The molecule has 0 aromatic heterocycles. The maximum Gasteiger partial charge on any atom is 0.312 e. The highest BCUT2D eigenvalue weighted by Gasteiger charge is 2.51. The standard InChI is InChI=1S/C15H26O2/c1-4-5-12(3)17-14(16)15-8-6-13(7-9-15)10-11(15)2/h11-13H,4-10H2,1-3H3. The van der Waals surface area contributed by atoms with E-state index in [1.54, 1.807) is 0 Å². The van der Waals surface area contributed by atoms with Gasteiger partial charge in [-0.1, -0.05) is 20.3 Å². The molecule has 3 rings (SSSR count). The minimum atomic E-state index is -0.128. The molecule has 98 valence electrons. The smallest absolute Gasteiger partial charge is 0.312 e. The lowest BCUT2D eigenvalue weighted by Crippen LogP contribution is -2.48. The highest BCUT2D eigenvalue weighted by Crippen LogP contribution is 2.54. The van der Waals surface area contributed by atoms with Crippen LogP contribution < -0.4 is 0 Å². The predicted octanol–water partition coefficient (Wildman–Crippen LogP) is 3.93. The second-order valence-electron chi connectivity index (χ2n) is 6.24. The van der Waals surface area contributed by atoms with E-state index < -0.39 is 0 Å². The lowest BCUT2D eigenvalue weighted by atomic mass is 9.55. The second kappa shape index (κ2) is 4.99. The van der Waals surface area contributed by atoms with Crippen molar-refractivity contribution in [2.45, 2.75) is 71.8 Å². The fraction of sp³-hybridized carbons (Fsp3) is 0.933. The average molecular weight is 238 g/mol. The van der Waals surface area contributed by atoms with Gasteiger partial charge in [0, 0.05) is 0 Å². The van der Waals surface area contributed by atoms with E-state index >= 15 is 0 Å². The molecule has 2 nitrogen and oxygen atoms in total. The van der Waals surface area contributed by atoms with Crippen molar-refractivity contribution in [3.63, 3.8) is 0 Å². The molecule has 2 unspecified atom stereocenters. The van der Waals surface area contributed by atoms with Crippen LogP contribution in [0, 0.1) is 17.3 Å². The Morgan fingerprint density at radius 1 is 1.41 bits per heavy atom. The first-order valence-electron chi connectivity index (χ1n) is 7.29. The van der Waals surface area contributed by atoms with Crippen LogP contribution in [0.1, 0.15) is 65.7 Å². The van der Waals surface area contributed by atoms with Crippen molar-refractivity contribution in [3.8, 4) is 0 Å². The zero-order valence-corrected chi connectivity index (χ0v) is 11.5. The van der Waals surface area contributed by atoms with E-state index in [2.05, 4.69) is 13.8 Å². The summed E-state index contributed by atoms with van der Waals surface area (Å²) in [7, 11) is 0. The normalized spacial score (nSPS) is 37.8. The fourth-order valence-corrected chi connectivity index (χ4v) is 3.82. The Balaban J connectivity index is 2.01. The quantitative estimate of drug-likeness (QED) is 0.694. The van der Waals surface area contributed by atoms with Crippen molar-refractivity contribution >= 4 is 5.97 Å². The van der Waals surface area contributed by atoms with E-state index in [0.717, 1.165) is 31.6 Å². The molecule has 0 radical (unpaired) electrons. The minimum absolute atomic E-state index is 0.0914. The van der Waals surface area contributed by atoms with E-state index in [0.29, 0.717) is 5.92 Å². The largest absolute Gasteiger partial charge is 0.462 e. The van der Waals surface area contributed by atoms with Crippen molar-refractivity contribution in [2.24, 2.45) is 17.3 Å². The van der Waals surface area contributed by atoms with E-state index in [4.69, 9.17) is 4.74 Å². The molecule has 0 heterocycles. The lowest BCUT2D eigenvalue weighted by molar-refractivity contribution is -0.173. The predicted molar refractivity (Wildman–Crippen MR) is 68.6 cm³/mol. The van der Waals surface area contributed by atoms with Crippen molar-refractivity contribution < 1.29 is 9.53 Å². The third kappa shape index (κ3) is 2.36. The summed E-state index contributed by atoms with van der Waals surface area (Å²) < 4.78 is 5.68. The van der Waals surface area contributed by atoms with Crippen LogP contribution in [0.25, 0.3) is 0 Å². The van der Waals surface area contributed by atoms with Crippen LogP contribution in [0.3, 0.4) is 0 Å². The molecule has 2 atom stereocenters. The van der Waals surface area contributed by atoms with Gasteiger partial charge in [0.1, 0.15) is 0 Å². The highest BCUT2D eigenvalue weighted by molar-refractivity contribution is 5.77. The summed E-state index contributed by atoms with van der Waals surface area (Å²) >= 11 is 0. The molecule has 3 aliphatic carbocycles. The van der Waals surface area contributed by atoms with Crippen LogP contribution in [0.2, 0.25) is 0 Å². The number of rotatable bonds is 4. The summed E-state index contributed by atoms with van der Waals surface area (Å²) in [5.41, 5.74) is -0.128. The number of carbonyl (C=O) groups excluding carboxylic acids is 1. The van der Waals surface area contributed by atoms with E-state index in [9.17, 15) is 4.79 Å². The first-order chi connectivity index (χ1) is 8.08. The molecule has 0 spiro atoms. The summed E-state index contributed by atoms with van der Waals surface area (Å²) in [6.07, 6.45) is 8.00. The maximum absolute atomic E-state index is 12.4. The Hall–Kier alpha value is -0.530. The SMILES string of the molecule is CCCC(C)OC(=O)C12CCC(CC1)CC2C. The number of fused-ring (bicyclic) bond motifs is 3. The average Bonchev–Trinajstić information content (AvgIpc) is 2.30. The third-order valence-corrected chi connectivity index (χ3v) is 5.04. The molecule has 3 saturated carbocycles. The molecule has 0 aromatic carbocycles. The zero-order valence-electron chi connectivity index (χ0n) is 11.5. The summed E-state index contributed by atoms with van der Waals surface area (Å²) in [5.74, 6) is 1.51. The Labute approximate surface area is 105 Å². The van der Waals surface area contributed by atoms with Gasteiger partial charge in [-0.15, -0.1) is 0 Å². The number of carbonyl (C=O) groups is 1. The van der Waals surface area contributed by atoms with Crippen LogP contribution in [0.15, 0.2) is 0 Å². The van der Waals surface area contributed by atoms with Crippen LogP contribution in [0.4, 0.5) is 0 Å². The minimum Gasteiger partial charge on any atom is -0.462 e. The number of esters is 1. The molecule has 0 aliphatic heterocycles. The van der Waals surface area contributed by atoms with Crippen molar-refractivity contribution in [1.29, 1.82) is 0 Å². The summed E-state index contributed by atoms with van der Waals surface area (Å²) in [4.78, 5) is 12.4. The second-order valence-corrected chi connectivity index (χ2v) is 6.24. The van der Waals surface area contributed by atoms with Gasteiger partial charge in [0.25, 0.3) is 0 Å². The van der Waals surface area contributed by atoms with Gasteiger partial charge in [0.15, 0.2) is 0 Å². The van der Waals surface area contributed by atoms with Gasteiger partial charge in [-0.25, -0.2) is 0 Å². The van der Waals surface area contributed by atoms with Gasteiger partial charge < -0.3 is 4.74 Å². The van der Waals surface area contributed by atoms with Crippen molar-refractivity contribution in [2.75, 3.05) is 0 Å². The molecule has 2 bridgehead atoms. The molecule has 17 heavy (non-hydrogen) atoms. The van der Waals surface area contributed by atoms with Crippen molar-refractivity contribution in [3.05, 3.63) is 0 Å². The Kier molecular flexibility index (Phi) is 3.79. The van der Waals surface area contributed by atoms with Gasteiger partial charge in [-0.2, -0.15) is 0 Å². The summed E-state index contributed by atoms with van der Waals surface area (Å²) in [6, 6.07) is 0. The number of hydrogen-bond acceptors (Lipinski definition) is 2. The molecule has 3 fully saturated rings. The zero-order chi connectivity index (χ0) is 12.5.